The van der Waals surface area contributed by atoms with Crippen molar-refractivity contribution in [3.8, 4) is 0 Å². The first-order chi connectivity index (χ1) is 13.5. The molecule has 1 aromatic heterocycles. The van der Waals surface area contributed by atoms with Gasteiger partial charge in [-0.2, -0.15) is 11.3 Å². The van der Waals surface area contributed by atoms with Crippen molar-refractivity contribution in [3.63, 3.8) is 0 Å². The maximum absolute atomic E-state index is 12.0. The normalized spacial score (nSPS) is 10.5. The summed E-state index contributed by atoms with van der Waals surface area (Å²) >= 11 is 3.21. The van der Waals surface area contributed by atoms with E-state index in [0.717, 1.165) is 10.5 Å². The molecule has 0 radical (unpaired) electrons. The second-order valence-corrected chi connectivity index (χ2v) is 8.31. The molecule has 0 aliphatic heterocycles. The highest BCUT2D eigenvalue weighted by molar-refractivity contribution is 7.99. The summed E-state index contributed by atoms with van der Waals surface area (Å²) in [6, 6.07) is 15.9. The summed E-state index contributed by atoms with van der Waals surface area (Å²) in [5, 5.41) is 6.53. The second kappa shape index (κ2) is 9.57. The zero-order chi connectivity index (χ0) is 19.9. The lowest BCUT2D eigenvalue weighted by atomic mass is 10.2. The molecule has 0 spiro atoms. The number of carbonyl (C=O) groups excluding carboxylic acids is 2. The SMILES string of the molecule is Cc1ccc(C)c(Sc2ccc(NC(=O)COC(=O)Cc3ccsc3)cc2)c1. The van der Waals surface area contributed by atoms with Crippen LogP contribution in [-0.4, -0.2) is 18.5 Å². The Hall–Kier alpha value is -2.57. The molecule has 0 bridgehead atoms. The van der Waals surface area contributed by atoms with Crippen molar-refractivity contribution < 1.29 is 14.3 Å². The average Bonchev–Trinajstić information content (AvgIpc) is 3.17. The molecule has 4 nitrogen and oxygen atoms in total. The molecule has 3 aromatic rings. The first-order valence-electron chi connectivity index (χ1n) is 8.81. The number of hydrogen-bond acceptors (Lipinski definition) is 5. The van der Waals surface area contributed by atoms with Crippen LogP contribution in [-0.2, 0) is 20.7 Å². The molecular weight excluding hydrogens is 390 g/mol. The third-order valence-corrected chi connectivity index (χ3v) is 5.90. The van der Waals surface area contributed by atoms with Crippen LogP contribution in [0.15, 0.2) is 69.1 Å². The van der Waals surface area contributed by atoms with Crippen LogP contribution in [0.4, 0.5) is 5.69 Å². The highest BCUT2D eigenvalue weighted by Crippen LogP contribution is 2.31. The van der Waals surface area contributed by atoms with Crippen LogP contribution >= 0.6 is 23.1 Å². The van der Waals surface area contributed by atoms with Gasteiger partial charge in [0.2, 0.25) is 0 Å². The Morgan fingerprint density at radius 3 is 2.57 bits per heavy atom. The Kier molecular flexibility index (Phi) is 6.90. The molecule has 28 heavy (non-hydrogen) atoms. The molecule has 0 aliphatic rings. The Labute approximate surface area is 172 Å². The number of nitrogens with one attached hydrogen (secondary N) is 1. The van der Waals surface area contributed by atoms with Crippen molar-refractivity contribution in [3.05, 3.63) is 76.0 Å². The second-order valence-electron chi connectivity index (χ2n) is 6.41. The van der Waals surface area contributed by atoms with Gasteiger partial charge in [-0.25, -0.2) is 0 Å². The highest BCUT2D eigenvalue weighted by Gasteiger charge is 2.09. The van der Waals surface area contributed by atoms with Crippen LogP contribution in [0.2, 0.25) is 0 Å². The minimum Gasteiger partial charge on any atom is -0.455 e. The van der Waals surface area contributed by atoms with Gasteiger partial charge in [0.1, 0.15) is 0 Å². The summed E-state index contributed by atoms with van der Waals surface area (Å²) in [5.41, 5.74) is 4.03. The monoisotopic (exact) mass is 411 g/mol. The Morgan fingerprint density at radius 2 is 1.86 bits per heavy atom. The van der Waals surface area contributed by atoms with Crippen LogP contribution < -0.4 is 5.32 Å². The van der Waals surface area contributed by atoms with Crippen molar-refractivity contribution in [1.29, 1.82) is 0 Å². The van der Waals surface area contributed by atoms with Gasteiger partial charge in [-0.05, 0) is 77.7 Å². The van der Waals surface area contributed by atoms with E-state index in [2.05, 4.69) is 37.4 Å². The van der Waals surface area contributed by atoms with E-state index in [0.29, 0.717) is 5.69 Å². The van der Waals surface area contributed by atoms with Gasteiger partial charge in [0.05, 0.1) is 6.42 Å². The number of esters is 1. The van der Waals surface area contributed by atoms with Crippen molar-refractivity contribution in [1.82, 2.24) is 0 Å². The summed E-state index contributed by atoms with van der Waals surface area (Å²) in [4.78, 5) is 26.0. The van der Waals surface area contributed by atoms with Crippen LogP contribution in [0.3, 0.4) is 0 Å². The molecule has 144 valence electrons. The van der Waals surface area contributed by atoms with E-state index < -0.39 is 5.97 Å². The average molecular weight is 412 g/mol. The first kappa shape index (κ1) is 20.2. The number of aryl methyl sites for hydroxylation is 2. The lowest BCUT2D eigenvalue weighted by Crippen LogP contribution is -2.21. The molecule has 1 amide bonds. The van der Waals surface area contributed by atoms with E-state index in [9.17, 15) is 9.59 Å². The van der Waals surface area contributed by atoms with Crippen molar-refractivity contribution in [2.45, 2.75) is 30.1 Å². The predicted octanol–water partition coefficient (Wildman–Crippen LogP) is 5.24. The molecule has 1 N–H and O–H groups in total. The summed E-state index contributed by atoms with van der Waals surface area (Å²) in [6.07, 6.45) is 0.182. The summed E-state index contributed by atoms with van der Waals surface area (Å²) < 4.78 is 5.03. The molecule has 2 aromatic carbocycles. The third-order valence-electron chi connectivity index (χ3n) is 4.00. The number of benzene rings is 2. The maximum atomic E-state index is 12.0. The van der Waals surface area contributed by atoms with E-state index in [1.165, 1.54) is 27.4 Å². The Bertz CT molecular complexity index is 950. The molecule has 0 atom stereocenters. The summed E-state index contributed by atoms with van der Waals surface area (Å²) in [6.45, 7) is 3.88. The van der Waals surface area contributed by atoms with Gasteiger partial charge in [0.25, 0.3) is 5.91 Å². The van der Waals surface area contributed by atoms with Gasteiger partial charge >= 0.3 is 5.97 Å². The van der Waals surface area contributed by atoms with E-state index in [1.54, 1.807) is 11.8 Å². The number of thiophene rings is 1. The number of amides is 1. The van der Waals surface area contributed by atoms with Crippen LogP contribution in [0.25, 0.3) is 0 Å². The number of hydrogen-bond donors (Lipinski definition) is 1. The summed E-state index contributed by atoms with van der Waals surface area (Å²) in [5.74, 6) is -0.762. The van der Waals surface area contributed by atoms with Gasteiger partial charge in [-0.15, -0.1) is 0 Å². The van der Waals surface area contributed by atoms with E-state index in [4.69, 9.17) is 4.74 Å². The lowest BCUT2D eigenvalue weighted by Gasteiger charge is -2.09. The van der Waals surface area contributed by atoms with Crippen molar-refractivity contribution >= 4 is 40.7 Å². The topological polar surface area (TPSA) is 55.4 Å². The van der Waals surface area contributed by atoms with Gasteiger partial charge < -0.3 is 10.1 Å². The van der Waals surface area contributed by atoms with Gasteiger partial charge in [-0.1, -0.05) is 23.9 Å². The zero-order valence-corrected chi connectivity index (χ0v) is 17.4. The van der Waals surface area contributed by atoms with E-state index >= 15 is 0 Å². The molecular formula is C22H21NO3S2. The molecule has 3 rings (SSSR count). The Morgan fingerprint density at radius 1 is 1.07 bits per heavy atom. The number of rotatable bonds is 7. The van der Waals surface area contributed by atoms with Crippen molar-refractivity contribution in [2.24, 2.45) is 0 Å². The molecule has 1 heterocycles. The quantitative estimate of drug-likeness (QED) is 0.540. The molecule has 0 unspecified atom stereocenters. The fourth-order valence-electron chi connectivity index (χ4n) is 2.50. The smallest absolute Gasteiger partial charge is 0.310 e. The largest absolute Gasteiger partial charge is 0.455 e. The predicted molar refractivity (Wildman–Crippen MR) is 114 cm³/mol. The minimum atomic E-state index is -0.408. The van der Waals surface area contributed by atoms with Crippen molar-refractivity contribution in [2.75, 3.05) is 11.9 Å². The zero-order valence-electron chi connectivity index (χ0n) is 15.7. The highest BCUT2D eigenvalue weighted by atomic mass is 32.2. The van der Waals surface area contributed by atoms with Crippen LogP contribution in [0.5, 0.6) is 0 Å². The fraction of sp³-hybridized carbons (Fsp3) is 0.182. The number of ether oxygens (including phenoxy) is 1. The number of carbonyl (C=O) groups is 2. The first-order valence-corrected chi connectivity index (χ1v) is 10.6. The van der Waals surface area contributed by atoms with Gasteiger partial charge in [-0.3, -0.25) is 9.59 Å². The fourth-order valence-corrected chi connectivity index (χ4v) is 4.17. The van der Waals surface area contributed by atoms with Gasteiger partial charge in [0, 0.05) is 15.5 Å². The third kappa shape index (κ3) is 5.97. The number of anilines is 1. The molecule has 0 saturated carbocycles. The standard InChI is InChI=1S/C22H21NO3S2/c1-15-3-4-16(2)20(11-15)28-19-7-5-18(6-8-19)23-21(24)13-26-22(25)12-17-9-10-27-14-17/h3-11,14H,12-13H2,1-2H3,(H,23,24). The molecule has 0 aliphatic carbocycles. The van der Waals surface area contributed by atoms with Crippen LogP contribution in [0, 0.1) is 13.8 Å². The van der Waals surface area contributed by atoms with Crippen LogP contribution in [0.1, 0.15) is 16.7 Å². The van der Waals surface area contributed by atoms with E-state index in [-0.39, 0.29) is 18.9 Å². The van der Waals surface area contributed by atoms with E-state index in [1.807, 2.05) is 41.1 Å². The molecule has 0 saturated heterocycles. The molecule has 0 fully saturated rings. The van der Waals surface area contributed by atoms with Gasteiger partial charge in [0.15, 0.2) is 6.61 Å². The minimum absolute atomic E-state index is 0.182. The maximum Gasteiger partial charge on any atom is 0.310 e. The lowest BCUT2D eigenvalue weighted by molar-refractivity contribution is -0.146. The Balaban J connectivity index is 1.48. The molecule has 6 heteroatoms. The summed E-state index contributed by atoms with van der Waals surface area (Å²) in [7, 11) is 0.